The molecule has 0 aliphatic carbocycles. The third kappa shape index (κ3) is 6.41. The molecule has 1 aromatic carbocycles. The molecular weight excluding hydrogens is 428 g/mol. The molecule has 0 radical (unpaired) electrons. The van der Waals surface area contributed by atoms with Gasteiger partial charge in [-0.1, -0.05) is 24.2 Å². The second-order valence-electron chi connectivity index (χ2n) is 7.13. The van der Waals surface area contributed by atoms with Gasteiger partial charge in [-0.2, -0.15) is 0 Å². The first-order chi connectivity index (χ1) is 14.9. The molecule has 1 saturated heterocycles. The molecule has 10 heteroatoms. The highest BCUT2D eigenvalue weighted by atomic mass is 32.2. The Labute approximate surface area is 183 Å². The van der Waals surface area contributed by atoms with E-state index in [1.54, 1.807) is 16.6 Å². The van der Waals surface area contributed by atoms with Crippen LogP contribution in [-0.4, -0.2) is 52.8 Å². The van der Waals surface area contributed by atoms with E-state index in [0.29, 0.717) is 51.9 Å². The number of carbonyl (C=O) groups is 1. The van der Waals surface area contributed by atoms with Crippen LogP contribution >= 0.6 is 0 Å². The van der Waals surface area contributed by atoms with E-state index in [-0.39, 0.29) is 5.69 Å². The zero-order valence-corrected chi connectivity index (χ0v) is 18.8. The molecule has 1 atom stereocenters. The first kappa shape index (κ1) is 25.1. The van der Waals surface area contributed by atoms with Crippen LogP contribution in [0.2, 0.25) is 0 Å². The molecule has 2 heterocycles. The summed E-state index contributed by atoms with van der Waals surface area (Å²) < 4.78 is 48.6. The Morgan fingerprint density at radius 1 is 1.29 bits per heavy atom. The number of aromatic nitrogens is 1. The number of benzene rings is 1. The highest BCUT2D eigenvalue weighted by Crippen LogP contribution is 2.34. The number of carbonyl (C=O) groups excluding carboxylic acids is 1. The summed E-state index contributed by atoms with van der Waals surface area (Å²) in [5.41, 5.74) is 0.419. The molecule has 7 nitrogen and oxygen atoms in total. The highest BCUT2D eigenvalue weighted by molar-refractivity contribution is 7.81. The smallest absolute Gasteiger partial charge is 0.274 e. The number of nitrogens with one attached hydrogen (secondary N) is 1. The van der Waals surface area contributed by atoms with Crippen LogP contribution in [0.5, 0.6) is 0 Å². The number of alkyl halides is 1. The molecule has 1 aromatic heterocycles. The van der Waals surface area contributed by atoms with Gasteiger partial charge in [0.1, 0.15) is 12.1 Å². The van der Waals surface area contributed by atoms with E-state index < -0.39 is 28.2 Å². The molecule has 2 aromatic rings. The number of hydrogen-bond acceptors (Lipinski definition) is 5. The highest BCUT2D eigenvalue weighted by Gasteiger charge is 2.38. The van der Waals surface area contributed by atoms with Crippen molar-refractivity contribution in [3.05, 3.63) is 53.2 Å². The number of hydrogen-bond donors (Lipinski definition) is 1. The van der Waals surface area contributed by atoms with Crippen molar-refractivity contribution in [3.8, 4) is 0 Å². The van der Waals surface area contributed by atoms with Gasteiger partial charge in [0.2, 0.25) is 0 Å². The SMILES string of the molecule is CCCN(Cc1ccc(C2(NC(=O)c3ccon3)CCOCC2)c(F)c1)S(C)=O.CF. The van der Waals surface area contributed by atoms with Crippen molar-refractivity contribution < 1.29 is 27.0 Å². The minimum Gasteiger partial charge on any atom is -0.381 e. The van der Waals surface area contributed by atoms with Crippen LogP contribution in [0.15, 0.2) is 35.1 Å². The zero-order valence-electron chi connectivity index (χ0n) is 18.0. The third-order valence-electron chi connectivity index (χ3n) is 5.11. The maximum Gasteiger partial charge on any atom is 0.274 e. The number of nitrogens with zero attached hydrogens (tertiary/aromatic N) is 2. The molecule has 1 aliphatic heterocycles. The average Bonchev–Trinajstić information content (AvgIpc) is 3.31. The van der Waals surface area contributed by atoms with Gasteiger partial charge in [0.25, 0.3) is 5.91 Å². The lowest BCUT2D eigenvalue weighted by atomic mass is 9.81. The Hall–Kier alpha value is -2.17. The third-order valence-corrected chi connectivity index (χ3v) is 6.15. The molecule has 0 spiro atoms. The normalized spacial score (nSPS) is 16.3. The monoisotopic (exact) mass is 457 g/mol. The molecule has 3 rings (SSSR count). The summed E-state index contributed by atoms with van der Waals surface area (Å²) in [4.78, 5) is 12.6. The van der Waals surface area contributed by atoms with Gasteiger partial charge >= 0.3 is 0 Å². The second-order valence-corrected chi connectivity index (χ2v) is 8.50. The van der Waals surface area contributed by atoms with Crippen LogP contribution in [0.25, 0.3) is 0 Å². The van der Waals surface area contributed by atoms with Gasteiger partial charge in [0.05, 0.1) is 23.7 Å². The average molecular weight is 458 g/mol. The number of ether oxygens (including phenoxy) is 1. The van der Waals surface area contributed by atoms with E-state index in [9.17, 15) is 13.4 Å². The summed E-state index contributed by atoms with van der Waals surface area (Å²) in [7, 11) is -0.632. The summed E-state index contributed by atoms with van der Waals surface area (Å²) in [6.45, 7) is 3.91. The Bertz CT molecular complexity index is 858. The lowest BCUT2D eigenvalue weighted by Gasteiger charge is -2.38. The van der Waals surface area contributed by atoms with Crippen molar-refractivity contribution in [1.82, 2.24) is 14.8 Å². The Kier molecular flexibility index (Phi) is 9.73. The molecule has 1 fully saturated rings. The van der Waals surface area contributed by atoms with Crippen LogP contribution in [0.3, 0.4) is 0 Å². The first-order valence-electron chi connectivity index (χ1n) is 10.0. The van der Waals surface area contributed by atoms with Crippen molar-refractivity contribution in [2.24, 2.45) is 0 Å². The standard InChI is InChI=1S/C20H26FN3O4S.CH3F/c1-3-9-24(29(2)26)14-15-4-5-16(17(21)13-15)20(7-11-27-12-8-20)22-19(25)18-6-10-28-23-18;1-2/h4-6,10,13H,3,7-9,11-12,14H2,1-2H3,(H,22,25);1H3. The molecule has 31 heavy (non-hydrogen) atoms. The summed E-state index contributed by atoms with van der Waals surface area (Å²) >= 11 is 0. The van der Waals surface area contributed by atoms with E-state index in [1.165, 1.54) is 18.4 Å². The topological polar surface area (TPSA) is 84.7 Å². The van der Waals surface area contributed by atoms with Crippen LogP contribution in [0.4, 0.5) is 8.78 Å². The van der Waals surface area contributed by atoms with Gasteiger partial charge in [-0.15, -0.1) is 0 Å². The lowest BCUT2D eigenvalue weighted by molar-refractivity contribution is 0.0331. The van der Waals surface area contributed by atoms with Crippen LogP contribution < -0.4 is 5.32 Å². The minimum atomic E-state index is -1.13. The summed E-state index contributed by atoms with van der Waals surface area (Å²) in [5.74, 6) is -0.817. The summed E-state index contributed by atoms with van der Waals surface area (Å²) in [6, 6.07) is 6.47. The van der Waals surface area contributed by atoms with Gasteiger partial charge in [0.15, 0.2) is 5.69 Å². The van der Waals surface area contributed by atoms with Crippen molar-refractivity contribution in [3.63, 3.8) is 0 Å². The van der Waals surface area contributed by atoms with Crippen molar-refractivity contribution in [2.45, 2.75) is 38.3 Å². The van der Waals surface area contributed by atoms with Gasteiger partial charge in [0, 0.05) is 44.2 Å². The number of halogens is 2. The van der Waals surface area contributed by atoms with Gasteiger partial charge in [-0.3, -0.25) is 9.18 Å². The molecule has 1 N–H and O–H groups in total. The van der Waals surface area contributed by atoms with E-state index in [0.717, 1.165) is 12.0 Å². The Morgan fingerprint density at radius 2 is 2.00 bits per heavy atom. The zero-order chi connectivity index (χ0) is 22.9. The van der Waals surface area contributed by atoms with Gasteiger partial charge in [-0.05, 0) is 30.9 Å². The Morgan fingerprint density at radius 3 is 2.55 bits per heavy atom. The molecule has 1 unspecified atom stereocenters. The maximum absolute atomic E-state index is 15.2. The maximum atomic E-state index is 15.2. The van der Waals surface area contributed by atoms with Crippen molar-refractivity contribution >= 4 is 16.9 Å². The van der Waals surface area contributed by atoms with Crippen molar-refractivity contribution in [1.29, 1.82) is 0 Å². The largest absolute Gasteiger partial charge is 0.381 e. The summed E-state index contributed by atoms with van der Waals surface area (Å²) in [5, 5.41) is 6.61. The van der Waals surface area contributed by atoms with E-state index in [4.69, 9.17) is 9.26 Å². The minimum absolute atomic E-state index is 0.147. The molecular formula is C21H29F2N3O4S. The van der Waals surface area contributed by atoms with E-state index >= 15 is 4.39 Å². The molecule has 0 bridgehead atoms. The number of rotatable bonds is 8. The van der Waals surface area contributed by atoms with E-state index in [1.807, 2.05) is 13.0 Å². The van der Waals surface area contributed by atoms with Gasteiger partial charge < -0.3 is 14.6 Å². The lowest BCUT2D eigenvalue weighted by Crippen LogP contribution is -2.50. The van der Waals surface area contributed by atoms with Gasteiger partial charge in [-0.25, -0.2) is 12.9 Å². The molecule has 1 aliphatic rings. The second kappa shape index (κ2) is 12.0. The predicted molar refractivity (Wildman–Crippen MR) is 114 cm³/mol. The first-order valence-corrected chi connectivity index (χ1v) is 11.5. The fourth-order valence-electron chi connectivity index (χ4n) is 3.59. The molecule has 0 saturated carbocycles. The van der Waals surface area contributed by atoms with Crippen LogP contribution in [-0.2, 0) is 27.8 Å². The predicted octanol–water partition coefficient (Wildman–Crippen LogP) is 3.34. The van der Waals surface area contributed by atoms with Crippen molar-refractivity contribution in [2.75, 3.05) is 33.2 Å². The fourth-order valence-corrected chi connectivity index (χ4v) is 4.36. The van der Waals surface area contributed by atoms with E-state index in [2.05, 4.69) is 10.5 Å². The molecule has 172 valence electrons. The van der Waals surface area contributed by atoms with Crippen LogP contribution in [0, 0.1) is 5.82 Å². The number of amides is 1. The molecule has 1 amide bonds. The van der Waals surface area contributed by atoms with Crippen LogP contribution in [0.1, 0.15) is 47.8 Å². The summed E-state index contributed by atoms with van der Waals surface area (Å²) in [6.07, 6.45) is 4.70. The quantitative estimate of drug-likeness (QED) is 0.657. The fraction of sp³-hybridized carbons (Fsp3) is 0.524. The Balaban J connectivity index is 0.00000166.